The molecule has 17 heavy (non-hydrogen) atoms. The van der Waals surface area contributed by atoms with Gasteiger partial charge in [0.15, 0.2) is 0 Å². The minimum Gasteiger partial charge on any atom is -0.396 e. The Hall–Kier alpha value is -1.42. The number of hydrogen-bond acceptors (Lipinski definition) is 3. The zero-order valence-electron chi connectivity index (χ0n) is 10.3. The summed E-state index contributed by atoms with van der Waals surface area (Å²) in [6, 6.07) is 3.61. The van der Waals surface area contributed by atoms with Gasteiger partial charge in [0.25, 0.3) is 5.91 Å². The number of amides is 1. The van der Waals surface area contributed by atoms with E-state index in [-0.39, 0.29) is 12.5 Å². The maximum atomic E-state index is 11.7. The van der Waals surface area contributed by atoms with E-state index in [1.165, 1.54) is 0 Å². The van der Waals surface area contributed by atoms with Crippen LogP contribution in [0.25, 0.3) is 0 Å². The number of unbranched alkanes of at least 4 members (excludes halogenated alkanes) is 3. The van der Waals surface area contributed by atoms with E-state index in [4.69, 9.17) is 5.11 Å². The molecular weight excluding hydrogens is 216 g/mol. The van der Waals surface area contributed by atoms with Crippen LogP contribution in [-0.4, -0.2) is 29.1 Å². The van der Waals surface area contributed by atoms with E-state index in [0.29, 0.717) is 12.1 Å². The molecule has 1 amide bonds. The average molecular weight is 236 g/mol. The zero-order chi connectivity index (χ0) is 12.5. The van der Waals surface area contributed by atoms with E-state index in [0.717, 1.165) is 31.4 Å². The van der Waals surface area contributed by atoms with Crippen LogP contribution in [0, 0.1) is 6.92 Å². The van der Waals surface area contributed by atoms with Crippen molar-refractivity contribution in [3.8, 4) is 0 Å². The molecule has 0 aliphatic heterocycles. The van der Waals surface area contributed by atoms with Crippen molar-refractivity contribution in [1.29, 1.82) is 0 Å². The van der Waals surface area contributed by atoms with Gasteiger partial charge < -0.3 is 10.4 Å². The number of nitrogens with one attached hydrogen (secondary N) is 1. The van der Waals surface area contributed by atoms with E-state index in [2.05, 4.69) is 10.3 Å². The third-order valence-corrected chi connectivity index (χ3v) is 2.54. The first-order valence-corrected chi connectivity index (χ1v) is 6.06. The average Bonchev–Trinajstić information content (AvgIpc) is 2.34. The summed E-state index contributed by atoms with van der Waals surface area (Å²) in [5.74, 6) is -0.0698. The Balaban J connectivity index is 2.19. The highest BCUT2D eigenvalue weighted by molar-refractivity contribution is 5.93. The fraction of sp³-hybridized carbons (Fsp3) is 0.538. The number of aliphatic hydroxyl groups is 1. The van der Waals surface area contributed by atoms with Crippen molar-refractivity contribution in [2.75, 3.05) is 13.2 Å². The monoisotopic (exact) mass is 236 g/mol. The summed E-state index contributed by atoms with van der Waals surface area (Å²) in [7, 11) is 0. The lowest BCUT2D eigenvalue weighted by Crippen LogP contribution is -2.24. The number of nitrogens with zero attached hydrogens (tertiary/aromatic N) is 1. The second-order valence-electron chi connectivity index (χ2n) is 4.08. The topological polar surface area (TPSA) is 62.2 Å². The highest BCUT2D eigenvalue weighted by Gasteiger charge is 2.03. The number of pyridine rings is 1. The van der Waals surface area contributed by atoms with Gasteiger partial charge in [-0.25, -0.2) is 0 Å². The van der Waals surface area contributed by atoms with Gasteiger partial charge in [-0.3, -0.25) is 9.78 Å². The molecule has 2 N–H and O–H groups in total. The Morgan fingerprint density at radius 1 is 1.29 bits per heavy atom. The van der Waals surface area contributed by atoms with Gasteiger partial charge in [-0.1, -0.05) is 12.8 Å². The van der Waals surface area contributed by atoms with Crippen molar-refractivity contribution < 1.29 is 9.90 Å². The maximum absolute atomic E-state index is 11.7. The number of rotatable bonds is 7. The van der Waals surface area contributed by atoms with Crippen molar-refractivity contribution >= 4 is 5.91 Å². The van der Waals surface area contributed by atoms with Crippen LogP contribution in [0.15, 0.2) is 18.3 Å². The first kappa shape index (κ1) is 13.6. The summed E-state index contributed by atoms with van der Waals surface area (Å²) >= 11 is 0. The zero-order valence-corrected chi connectivity index (χ0v) is 10.3. The van der Waals surface area contributed by atoms with Crippen molar-refractivity contribution in [2.24, 2.45) is 0 Å². The quantitative estimate of drug-likeness (QED) is 0.708. The molecule has 0 radical (unpaired) electrons. The molecule has 4 heteroatoms. The largest absolute Gasteiger partial charge is 0.396 e. The van der Waals surface area contributed by atoms with E-state index in [9.17, 15) is 4.79 Å². The molecule has 4 nitrogen and oxygen atoms in total. The highest BCUT2D eigenvalue weighted by atomic mass is 16.2. The fourth-order valence-corrected chi connectivity index (χ4v) is 1.50. The van der Waals surface area contributed by atoms with Gasteiger partial charge in [-0.2, -0.15) is 0 Å². The van der Waals surface area contributed by atoms with Crippen LogP contribution in [0.3, 0.4) is 0 Å². The second-order valence-corrected chi connectivity index (χ2v) is 4.08. The van der Waals surface area contributed by atoms with Crippen LogP contribution in [-0.2, 0) is 0 Å². The van der Waals surface area contributed by atoms with Gasteiger partial charge in [-0.05, 0) is 31.9 Å². The summed E-state index contributed by atoms with van der Waals surface area (Å²) in [5.41, 5.74) is 1.51. The number of hydrogen-bond donors (Lipinski definition) is 2. The van der Waals surface area contributed by atoms with Crippen molar-refractivity contribution in [3.63, 3.8) is 0 Å². The predicted molar refractivity (Wildman–Crippen MR) is 66.9 cm³/mol. The Morgan fingerprint density at radius 3 is 2.71 bits per heavy atom. The van der Waals surface area contributed by atoms with Crippen molar-refractivity contribution in [1.82, 2.24) is 10.3 Å². The summed E-state index contributed by atoms with van der Waals surface area (Å²) in [5, 5.41) is 11.5. The van der Waals surface area contributed by atoms with Crippen LogP contribution >= 0.6 is 0 Å². The summed E-state index contributed by atoms with van der Waals surface area (Å²) in [6.45, 7) is 2.82. The Morgan fingerprint density at radius 2 is 2.06 bits per heavy atom. The summed E-state index contributed by atoms with van der Waals surface area (Å²) < 4.78 is 0. The lowest BCUT2D eigenvalue weighted by molar-refractivity contribution is 0.0952. The molecule has 1 aromatic rings. The fourth-order valence-electron chi connectivity index (χ4n) is 1.50. The molecule has 0 aliphatic rings. The molecule has 0 fully saturated rings. The Labute approximate surface area is 102 Å². The third kappa shape index (κ3) is 5.45. The van der Waals surface area contributed by atoms with Gasteiger partial charge >= 0.3 is 0 Å². The minimum absolute atomic E-state index is 0.0698. The van der Waals surface area contributed by atoms with Gasteiger partial charge in [-0.15, -0.1) is 0 Å². The molecule has 0 aliphatic carbocycles. The predicted octanol–water partition coefficient (Wildman–Crippen LogP) is 1.67. The molecule has 0 unspecified atom stereocenters. The molecule has 0 saturated carbocycles. The molecule has 0 saturated heterocycles. The lowest BCUT2D eigenvalue weighted by atomic mass is 10.2. The first-order valence-electron chi connectivity index (χ1n) is 6.06. The van der Waals surface area contributed by atoms with Crippen molar-refractivity contribution in [2.45, 2.75) is 32.6 Å². The lowest BCUT2D eigenvalue weighted by Gasteiger charge is -2.04. The van der Waals surface area contributed by atoms with E-state index < -0.39 is 0 Å². The van der Waals surface area contributed by atoms with Crippen LogP contribution in [0.2, 0.25) is 0 Å². The van der Waals surface area contributed by atoms with Crippen LogP contribution < -0.4 is 5.32 Å². The maximum Gasteiger partial charge on any atom is 0.252 e. The molecule has 0 atom stereocenters. The van der Waals surface area contributed by atoms with E-state index in [1.54, 1.807) is 12.3 Å². The van der Waals surface area contributed by atoms with Gasteiger partial charge in [0, 0.05) is 25.0 Å². The number of aliphatic hydroxyl groups excluding tert-OH is 1. The smallest absolute Gasteiger partial charge is 0.252 e. The molecule has 1 aromatic heterocycles. The van der Waals surface area contributed by atoms with E-state index in [1.807, 2.05) is 13.0 Å². The number of aryl methyl sites for hydroxylation is 1. The van der Waals surface area contributed by atoms with Crippen LogP contribution in [0.1, 0.15) is 41.7 Å². The molecular formula is C13H20N2O2. The van der Waals surface area contributed by atoms with Crippen molar-refractivity contribution in [3.05, 3.63) is 29.6 Å². The molecule has 94 valence electrons. The van der Waals surface area contributed by atoms with Crippen LogP contribution in [0.4, 0.5) is 0 Å². The Bertz CT molecular complexity index is 336. The summed E-state index contributed by atoms with van der Waals surface area (Å²) in [6.07, 6.45) is 5.43. The Kier molecular flexibility index (Phi) is 6.25. The minimum atomic E-state index is -0.0698. The first-order chi connectivity index (χ1) is 8.24. The van der Waals surface area contributed by atoms with Crippen LogP contribution in [0.5, 0.6) is 0 Å². The molecule has 1 heterocycles. The SMILES string of the molecule is Cc1ccc(C(=O)NCCCCCCO)cn1. The number of carbonyl (C=O) groups is 1. The van der Waals surface area contributed by atoms with E-state index >= 15 is 0 Å². The van der Waals surface area contributed by atoms with Gasteiger partial charge in [0.2, 0.25) is 0 Å². The molecule has 1 rings (SSSR count). The molecule has 0 bridgehead atoms. The standard InChI is InChI=1S/C13H20N2O2/c1-11-6-7-12(10-15-11)13(17)14-8-4-2-3-5-9-16/h6-7,10,16H,2-5,8-9H2,1H3,(H,14,17). The number of aromatic nitrogens is 1. The molecule has 0 spiro atoms. The third-order valence-electron chi connectivity index (χ3n) is 2.54. The number of carbonyl (C=O) groups excluding carboxylic acids is 1. The molecule has 0 aromatic carbocycles. The van der Waals surface area contributed by atoms with Gasteiger partial charge in [0.1, 0.15) is 0 Å². The van der Waals surface area contributed by atoms with Gasteiger partial charge in [0.05, 0.1) is 5.56 Å². The normalized spacial score (nSPS) is 10.2. The second kappa shape index (κ2) is 7.79. The highest BCUT2D eigenvalue weighted by Crippen LogP contribution is 2.00. The summed E-state index contributed by atoms with van der Waals surface area (Å²) in [4.78, 5) is 15.7.